The van der Waals surface area contributed by atoms with Crippen LogP contribution in [0.25, 0.3) is 11.1 Å². The molecule has 1 aromatic heterocycles. The van der Waals surface area contributed by atoms with Crippen LogP contribution < -0.4 is 5.32 Å². The number of pyridine rings is 1. The largest absolute Gasteiger partial charge is 0.324 e. The number of hydrogen-bond donors (Lipinski definition) is 1. The first-order valence-electron chi connectivity index (χ1n) is 5.98. The number of hydrogen-bond acceptors (Lipinski definition) is 2. The summed E-state index contributed by atoms with van der Waals surface area (Å²) in [4.78, 5) is 15.8. The third-order valence-electron chi connectivity index (χ3n) is 2.64. The summed E-state index contributed by atoms with van der Waals surface area (Å²) in [6, 6.07) is 11.9. The third-order valence-corrected chi connectivity index (χ3v) is 2.64. The van der Waals surface area contributed by atoms with E-state index < -0.39 is 0 Å². The second-order valence-corrected chi connectivity index (χ2v) is 4.47. The van der Waals surface area contributed by atoms with Gasteiger partial charge in [0.15, 0.2) is 0 Å². The maximum Gasteiger partial charge on any atom is 0.226 e. The first kappa shape index (κ1) is 12.3. The molecule has 3 heteroatoms. The smallest absolute Gasteiger partial charge is 0.226 e. The standard InChI is InChI=1S/C15H16N2O/c1-11(2)15(18)17-14-8-13(9-16-10-14)12-6-4-3-5-7-12/h3-11H,1-2H3,(H,17,18). The zero-order chi connectivity index (χ0) is 13.0. The highest BCUT2D eigenvalue weighted by Gasteiger charge is 2.07. The average molecular weight is 240 g/mol. The minimum atomic E-state index is -0.0367. The van der Waals surface area contributed by atoms with Crippen molar-refractivity contribution in [3.05, 3.63) is 48.8 Å². The van der Waals surface area contributed by atoms with E-state index >= 15 is 0 Å². The molecule has 0 atom stereocenters. The molecule has 0 aliphatic carbocycles. The van der Waals surface area contributed by atoms with E-state index in [9.17, 15) is 4.79 Å². The van der Waals surface area contributed by atoms with Crippen molar-refractivity contribution < 1.29 is 4.79 Å². The maximum absolute atomic E-state index is 11.6. The fourth-order valence-electron chi connectivity index (χ4n) is 1.58. The van der Waals surface area contributed by atoms with Crippen molar-refractivity contribution >= 4 is 11.6 Å². The number of rotatable bonds is 3. The van der Waals surface area contributed by atoms with Crippen molar-refractivity contribution in [1.82, 2.24) is 4.98 Å². The van der Waals surface area contributed by atoms with Gasteiger partial charge in [0.2, 0.25) is 5.91 Å². The second kappa shape index (κ2) is 5.45. The number of benzene rings is 1. The number of anilines is 1. The number of nitrogens with zero attached hydrogens (tertiary/aromatic N) is 1. The van der Waals surface area contributed by atoms with Gasteiger partial charge in [-0.25, -0.2) is 0 Å². The Morgan fingerprint density at radius 1 is 1.11 bits per heavy atom. The molecule has 92 valence electrons. The Hall–Kier alpha value is -2.16. The molecule has 0 unspecified atom stereocenters. The van der Waals surface area contributed by atoms with Gasteiger partial charge < -0.3 is 5.32 Å². The fourth-order valence-corrected chi connectivity index (χ4v) is 1.58. The number of nitrogens with one attached hydrogen (secondary N) is 1. The molecule has 1 aromatic carbocycles. The number of amides is 1. The highest BCUT2D eigenvalue weighted by Crippen LogP contribution is 2.21. The molecule has 1 N–H and O–H groups in total. The molecule has 1 amide bonds. The van der Waals surface area contributed by atoms with E-state index in [2.05, 4.69) is 10.3 Å². The quantitative estimate of drug-likeness (QED) is 0.894. The van der Waals surface area contributed by atoms with Gasteiger partial charge in [-0.2, -0.15) is 0 Å². The van der Waals surface area contributed by atoms with Crippen molar-refractivity contribution in [2.45, 2.75) is 13.8 Å². The van der Waals surface area contributed by atoms with E-state index in [0.29, 0.717) is 0 Å². The van der Waals surface area contributed by atoms with Gasteiger partial charge in [-0.15, -0.1) is 0 Å². The molecule has 0 spiro atoms. The van der Waals surface area contributed by atoms with E-state index in [4.69, 9.17) is 0 Å². The van der Waals surface area contributed by atoms with Crippen molar-refractivity contribution in [3.63, 3.8) is 0 Å². The summed E-state index contributed by atoms with van der Waals surface area (Å²) < 4.78 is 0. The molecule has 0 saturated carbocycles. The molecule has 1 heterocycles. The van der Waals surface area contributed by atoms with Crippen LogP contribution in [0, 0.1) is 5.92 Å². The lowest BCUT2D eigenvalue weighted by molar-refractivity contribution is -0.118. The molecule has 0 saturated heterocycles. The van der Waals surface area contributed by atoms with E-state index in [1.807, 2.05) is 50.2 Å². The van der Waals surface area contributed by atoms with Crippen LogP contribution in [0.3, 0.4) is 0 Å². The highest BCUT2D eigenvalue weighted by atomic mass is 16.1. The fraction of sp³-hybridized carbons (Fsp3) is 0.200. The molecule has 0 aliphatic heterocycles. The predicted molar refractivity (Wildman–Crippen MR) is 73.1 cm³/mol. The summed E-state index contributed by atoms with van der Waals surface area (Å²) in [5, 5.41) is 2.85. The summed E-state index contributed by atoms with van der Waals surface area (Å²) in [5.74, 6) is -0.0348. The molecule has 0 bridgehead atoms. The van der Waals surface area contributed by atoms with Crippen LogP contribution in [0.4, 0.5) is 5.69 Å². The molecular weight excluding hydrogens is 224 g/mol. The zero-order valence-corrected chi connectivity index (χ0v) is 10.6. The Balaban J connectivity index is 2.23. The van der Waals surface area contributed by atoms with Gasteiger partial charge in [0.05, 0.1) is 11.9 Å². The molecule has 0 aliphatic rings. The normalized spacial score (nSPS) is 10.4. The van der Waals surface area contributed by atoms with Crippen molar-refractivity contribution in [2.75, 3.05) is 5.32 Å². The van der Waals surface area contributed by atoms with Gasteiger partial charge in [0, 0.05) is 17.7 Å². The minimum absolute atomic E-state index is 0.00186. The lowest BCUT2D eigenvalue weighted by Crippen LogP contribution is -2.17. The van der Waals surface area contributed by atoms with Crippen LogP contribution in [-0.2, 0) is 4.79 Å². The molecular formula is C15H16N2O. The summed E-state index contributed by atoms with van der Waals surface area (Å²) in [7, 11) is 0. The van der Waals surface area contributed by atoms with Crippen LogP contribution in [0.5, 0.6) is 0 Å². The SMILES string of the molecule is CC(C)C(=O)Nc1cncc(-c2ccccc2)c1. The van der Waals surface area contributed by atoms with Crippen LogP contribution in [0.1, 0.15) is 13.8 Å². The summed E-state index contributed by atoms with van der Waals surface area (Å²) in [6.07, 6.45) is 3.45. The highest BCUT2D eigenvalue weighted by molar-refractivity contribution is 5.92. The molecule has 3 nitrogen and oxygen atoms in total. The molecule has 18 heavy (non-hydrogen) atoms. The van der Waals surface area contributed by atoms with Crippen LogP contribution in [0.15, 0.2) is 48.8 Å². The van der Waals surface area contributed by atoms with Gasteiger partial charge in [-0.1, -0.05) is 44.2 Å². The van der Waals surface area contributed by atoms with Crippen molar-refractivity contribution in [3.8, 4) is 11.1 Å². The Morgan fingerprint density at radius 2 is 1.83 bits per heavy atom. The van der Waals surface area contributed by atoms with Gasteiger partial charge in [-0.05, 0) is 11.6 Å². The number of carbonyl (C=O) groups is 1. The van der Waals surface area contributed by atoms with Crippen LogP contribution in [-0.4, -0.2) is 10.9 Å². The maximum atomic E-state index is 11.6. The molecule has 0 radical (unpaired) electrons. The first-order valence-corrected chi connectivity index (χ1v) is 5.98. The third kappa shape index (κ3) is 2.94. The van der Waals surface area contributed by atoms with Gasteiger partial charge in [-0.3, -0.25) is 9.78 Å². The molecule has 0 fully saturated rings. The summed E-state index contributed by atoms with van der Waals surface area (Å²) >= 11 is 0. The van der Waals surface area contributed by atoms with Gasteiger partial charge in [0.25, 0.3) is 0 Å². The molecule has 2 aromatic rings. The van der Waals surface area contributed by atoms with Gasteiger partial charge >= 0.3 is 0 Å². The Morgan fingerprint density at radius 3 is 2.50 bits per heavy atom. The summed E-state index contributed by atoms with van der Waals surface area (Å²) in [6.45, 7) is 3.73. The molecule has 2 rings (SSSR count). The average Bonchev–Trinajstić information content (AvgIpc) is 2.40. The second-order valence-electron chi connectivity index (χ2n) is 4.47. The Labute approximate surface area is 107 Å². The zero-order valence-electron chi connectivity index (χ0n) is 10.6. The number of aromatic nitrogens is 1. The van der Waals surface area contributed by atoms with Crippen LogP contribution in [0.2, 0.25) is 0 Å². The van der Waals surface area contributed by atoms with E-state index in [1.165, 1.54) is 0 Å². The number of carbonyl (C=O) groups excluding carboxylic acids is 1. The lowest BCUT2D eigenvalue weighted by atomic mass is 10.1. The van der Waals surface area contributed by atoms with E-state index in [0.717, 1.165) is 16.8 Å². The topological polar surface area (TPSA) is 42.0 Å². The van der Waals surface area contributed by atoms with Crippen molar-refractivity contribution in [1.29, 1.82) is 0 Å². The van der Waals surface area contributed by atoms with Gasteiger partial charge in [0.1, 0.15) is 0 Å². The first-order chi connectivity index (χ1) is 8.66. The van der Waals surface area contributed by atoms with Crippen LogP contribution >= 0.6 is 0 Å². The Bertz CT molecular complexity index is 535. The van der Waals surface area contributed by atoms with E-state index in [-0.39, 0.29) is 11.8 Å². The summed E-state index contributed by atoms with van der Waals surface area (Å²) in [5.41, 5.74) is 2.82. The monoisotopic (exact) mass is 240 g/mol. The Kier molecular flexibility index (Phi) is 3.72. The van der Waals surface area contributed by atoms with E-state index in [1.54, 1.807) is 12.4 Å². The predicted octanol–water partition coefficient (Wildman–Crippen LogP) is 3.34. The minimum Gasteiger partial charge on any atom is -0.324 e. The van der Waals surface area contributed by atoms with Crippen molar-refractivity contribution in [2.24, 2.45) is 5.92 Å². The lowest BCUT2D eigenvalue weighted by Gasteiger charge is -2.08.